The van der Waals surface area contributed by atoms with Gasteiger partial charge >= 0.3 is 0 Å². The molecule has 5 heteroatoms. The quantitative estimate of drug-likeness (QED) is 0.820. The number of fused-ring (bicyclic) bond motifs is 1. The third kappa shape index (κ3) is 3.15. The SMILES string of the molecule is COc1ccc([C@H]2[C@H](C(=O)N3CCCCC3)c3ccccc3C(=O)N2C)cc1. The molecule has 2 atom stereocenters. The van der Waals surface area contributed by atoms with E-state index in [0.717, 1.165) is 42.8 Å². The predicted molar refractivity (Wildman–Crippen MR) is 107 cm³/mol. The van der Waals surface area contributed by atoms with Crippen molar-refractivity contribution in [2.75, 3.05) is 27.2 Å². The number of ether oxygens (including phenoxy) is 1. The number of methoxy groups -OCH3 is 1. The molecule has 1 saturated heterocycles. The summed E-state index contributed by atoms with van der Waals surface area (Å²) in [6.07, 6.45) is 3.26. The number of nitrogens with zero attached hydrogens (tertiary/aromatic N) is 2. The second-order valence-electron chi connectivity index (χ2n) is 7.58. The summed E-state index contributed by atoms with van der Waals surface area (Å²) < 4.78 is 5.27. The highest BCUT2D eigenvalue weighted by Crippen LogP contribution is 2.43. The van der Waals surface area contributed by atoms with Gasteiger partial charge in [-0.25, -0.2) is 0 Å². The van der Waals surface area contributed by atoms with E-state index in [1.807, 2.05) is 53.4 Å². The summed E-state index contributed by atoms with van der Waals surface area (Å²) in [7, 11) is 3.42. The molecule has 0 unspecified atom stereocenters. The van der Waals surface area contributed by atoms with E-state index in [0.29, 0.717) is 5.56 Å². The van der Waals surface area contributed by atoms with Crippen molar-refractivity contribution in [3.8, 4) is 5.75 Å². The van der Waals surface area contributed by atoms with Crippen LogP contribution in [-0.4, -0.2) is 48.9 Å². The lowest BCUT2D eigenvalue weighted by Gasteiger charge is -2.42. The lowest BCUT2D eigenvalue weighted by molar-refractivity contribution is -0.135. The third-order valence-electron chi connectivity index (χ3n) is 5.97. The minimum Gasteiger partial charge on any atom is -0.497 e. The van der Waals surface area contributed by atoms with Crippen molar-refractivity contribution >= 4 is 11.8 Å². The number of carbonyl (C=O) groups is 2. The highest BCUT2D eigenvalue weighted by molar-refractivity contribution is 6.01. The Bertz CT molecular complexity index is 872. The zero-order valence-electron chi connectivity index (χ0n) is 16.4. The first-order valence-electron chi connectivity index (χ1n) is 9.90. The van der Waals surface area contributed by atoms with E-state index in [-0.39, 0.29) is 17.9 Å². The van der Waals surface area contributed by atoms with Gasteiger partial charge in [-0.2, -0.15) is 0 Å². The van der Waals surface area contributed by atoms with Gasteiger partial charge in [-0.3, -0.25) is 9.59 Å². The lowest BCUT2D eigenvalue weighted by atomic mass is 9.79. The fourth-order valence-electron chi connectivity index (χ4n) is 4.47. The Labute approximate surface area is 165 Å². The second kappa shape index (κ2) is 7.66. The Morgan fingerprint density at radius 2 is 1.68 bits per heavy atom. The summed E-state index contributed by atoms with van der Waals surface area (Å²) >= 11 is 0. The van der Waals surface area contributed by atoms with Crippen molar-refractivity contribution in [3.63, 3.8) is 0 Å². The molecule has 0 N–H and O–H groups in total. The van der Waals surface area contributed by atoms with E-state index in [1.54, 1.807) is 19.1 Å². The number of rotatable bonds is 3. The molecule has 0 saturated carbocycles. The van der Waals surface area contributed by atoms with Gasteiger partial charge in [0.1, 0.15) is 5.75 Å². The molecule has 2 amide bonds. The molecule has 0 aliphatic carbocycles. The van der Waals surface area contributed by atoms with Crippen LogP contribution in [0.1, 0.15) is 52.7 Å². The van der Waals surface area contributed by atoms with Crippen LogP contribution >= 0.6 is 0 Å². The average molecular weight is 378 g/mol. The highest BCUT2D eigenvalue weighted by Gasteiger charge is 2.44. The number of likely N-dealkylation sites (tertiary alicyclic amines) is 1. The summed E-state index contributed by atoms with van der Waals surface area (Å²) in [5, 5.41) is 0. The van der Waals surface area contributed by atoms with Crippen LogP contribution in [0.2, 0.25) is 0 Å². The highest BCUT2D eigenvalue weighted by atomic mass is 16.5. The smallest absolute Gasteiger partial charge is 0.254 e. The van der Waals surface area contributed by atoms with Crippen molar-refractivity contribution in [2.45, 2.75) is 31.2 Å². The number of piperidine rings is 1. The normalized spacial score (nSPS) is 22.0. The van der Waals surface area contributed by atoms with Crippen LogP contribution in [0.3, 0.4) is 0 Å². The van der Waals surface area contributed by atoms with Crippen molar-refractivity contribution in [3.05, 3.63) is 65.2 Å². The molecule has 0 spiro atoms. The molecule has 0 bridgehead atoms. The van der Waals surface area contributed by atoms with Gasteiger partial charge in [-0.05, 0) is 48.6 Å². The minimum absolute atomic E-state index is 0.0425. The maximum Gasteiger partial charge on any atom is 0.254 e. The summed E-state index contributed by atoms with van der Waals surface area (Å²) in [6.45, 7) is 1.59. The van der Waals surface area contributed by atoms with E-state index >= 15 is 0 Å². The molecule has 2 aliphatic rings. The Morgan fingerprint density at radius 3 is 2.36 bits per heavy atom. The molecule has 4 rings (SSSR count). The predicted octanol–water partition coefficient (Wildman–Crippen LogP) is 3.62. The number of hydrogen-bond donors (Lipinski definition) is 0. The standard InChI is InChI=1S/C23H26N2O3/c1-24-21(16-10-12-17(28-2)13-11-16)20(23(27)25-14-6-3-7-15-25)18-8-4-5-9-19(18)22(24)26/h4-5,8-13,20-21H,3,6-7,14-15H2,1-2H3/t20-,21+/m1/s1. The first-order chi connectivity index (χ1) is 13.6. The van der Waals surface area contributed by atoms with Gasteiger partial charge in [0.15, 0.2) is 0 Å². The van der Waals surface area contributed by atoms with Gasteiger partial charge in [0.25, 0.3) is 5.91 Å². The largest absolute Gasteiger partial charge is 0.497 e. The molecule has 146 valence electrons. The zero-order valence-corrected chi connectivity index (χ0v) is 16.4. The fraction of sp³-hybridized carbons (Fsp3) is 0.391. The van der Waals surface area contributed by atoms with Crippen LogP contribution in [0, 0.1) is 0 Å². The summed E-state index contributed by atoms with van der Waals surface area (Å²) in [6, 6.07) is 14.9. The number of benzene rings is 2. The van der Waals surface area contributed by atoms with Gasteiger partial charge in [0.2, 0.25) is 5.91 Å². The molecule has 28 heavy (non-hydrogen) atoms. The van der Waals surface area contributed by atoms with E-state index in [4.69, 9.17) is 4.74 Å². The van der Waals surface area contributed by atoms with Crippen molar-refractivity contribution in [1.82, 2.24) is 9.80 Å². The van der Waals surface area contributed by atoms with Gasteiger partial charge in [-0.15, -0.1) is 0 Å². The third-order valence-corrected chi connectivity index (χ3v) is 5.97. The summed E-state index contributed by atoms with van der Waals surface area (Å²) in [5.74, 6) is 0.435. The molecule has 0 aromatic heterocycles. The van der Waals surface area contributed by atoms with Crippen LogP contribution < -0.4 is 4.74 Å². The number of carbonyl (C=O) groups excluding carboxylic acids is 2. The van der Waals surface area contributed by atoms with E-state index in [2.05, 4.69) is 0 Å². The van der Waals surface area contributed by atoms with Crippen LogP contribution in [0.25, 0.3) is 0 Å². The summed E-state index contributed by atoms with van der Waals surface area (Å²) in [4.78, 5) is 30.4. The molecule has 2 aromatic carbocycles. The van der Waals surface area contributed by atoms with E-state index in [1.165, 1.54) is 6.42 Å². The topological polar surface area (TPSA) is 49.9 Å². The Balaban J connectivity index is 1.80. The Morgan fingerprint density at radius 1 is 1.00 bits per heavy atom. The molecule has 5 nitrogen and oxygen atoms in total. The summed E-state index contributed by atoms with van der Waals surface area (Å²) in [5.41, 5.74) is 2.41. The van der Waals surface area contributed by atoms with Gasteiger partial charge in [0, 0.05) is 25.7 Å². The molecule has 0 radical (unpaired) electrons. The lowest BCUT2D eigenvalue weighted by Crippen LogP contribution is -2.48. The molecular formula is C23H26N2O3. The van der Waals surface area contributed by atoms with Crippen LogP contribution in [0.15, 0.2) is 48.5 Å². The second-order valence-corrected chi connectivity index (χ2v) is 7.58. The van der Waals surface area contributed by atoms with Crippen LogP contribution in [0.4, 0.5) is 0 Å². The number of amides is 2. The molecule has 2 heterocycles. The monoisotopic (exact) mass is 378 g/mol. The zero-order chi connectivity index (χ0) is 19.7. The first kappa shape index (κ1) is 18.5. The van der Waals surface area contributed by atoms with Crippen molar-refractivity contribution < 1.29 is 14.3 Å². The van der Waals surface area contributed by atoms with Crippen molar-refractivity contribution in [2.24, 2.45) is 0 Å². The van der Waals surface area contributed by atoms with Crippen molar-refractivity contribution in [1.29, 1.82) is 0 Å². The Hall–Kier alpha value is -2.82. The van der Waals surface area contributed by atoms with E-state index < -0.39 is 5.92 Å². The van der Waals surface area contributed by atoms with Crippen LogP contribution in [0.5, 0.6) is 5.75 Å². The van der Waals surface area contributed by atoms with E-state index in [9.17, 15) is 9.59 Å². The Kier molecular flexibility index (Phi) is 5.07. The van der Waals surface area contributed by atoms with Crippen LogP contribution in [-0.2, 0) is 4.79 Å². The van der Waals surface area contributed by atoms with Gasteiger partial charge < -0.3 is 14.5 Å². The minimum atomic E-state index is -0.398. The van der Waals surface area contributed by atoms with Gasteiger partial charge in [-0.1, -0.05) is 30.3 Å². The number of likely N-dealkylation sites (N-methyl/N-ethyl adjacent to an activating group) is 1. The van der Waals surface area contributed by atoms with Gasteiger partial charge in [0.05, 0.1) is 19.1 Å². The maximum absolute atomic E-state index is 13.6. The molecule has 2 aliphatic heterocycles. The molecule has 2 aromatic rings. The average Bonchev–Trinajstić information content (AvgIpc) is 2.76. The molecule has 1 fully saturated rings. The maximum atomic E-state index is 13.6. The first-order valence-corrected chi connectivity index (χ1v) is 9.90. The fourth-order valence-corrected chi connectivity index (χ4v) is 4.47. The molecular weight excluding hydrogens is 352 g/mol. The number of hydrogen-bond acceptors (Lipinski definition) is 3.